The minimum atomic E-state index is -0.382. The van der Waals surface area contributed by atoms with Crippen LogP contribution < -0.4 is 14.2 Å². The van der Waals surface area contributed by atoms with E-state index in [1.54, 1.807) is 87.7 Å². The number of hydrogen-bond acceptors (Lipinski definition) is 16. The van der Waals surface area contributed by atoms with E-state index in [0.717, 1.165) is 167 Å². The molecule has 5 aliphatic heterocycles. The molecule has 20 rings (SSSR count). The number of methoxy groups -OCH3 is 3. The molecule has 17 heteroatoms. The summed E-state index contributed by atoms with van der Waals surface area (Å²) in [4.78, 5) is 44.3. The fraction of sp³-hybridized carbons (Fsp3) is 0.0909. The van der Waals surface area contributed by atoms with Gasteiger partial charge in [-0.25, -0.2) is 4.39 Å². The van der Waals surface area contributed by atoms with E-state index in [1.807, 2.05) is 129 Å². The fourth-order valence-electron chi connectivity index (χ4n) is 14.5. The summed E-state index contributed by atoms with van der Waals surface area (Å²) in [6, 6.07) is 82.5. The number of ether oxygens (including phenoxy) is 3. The first-order chi connectivity index (χ1) is 56.9. The van der Waals surface area contributed by atoms with Gasteiger partial charge in [0.15, 0.2) is 11.6 Å². The number of pyridine rings is 5. The maximum Gasteiger partial charge on any atom is 0.165 e. The Bertz CT molecular complexity index is 6350. The third-order valence-corrected chi connectivity index (χ3v) is 20.6. The van der Waals surface area contributed by atoms with Crippen LogP contribution in [0.1, 0.15) is 61.2 Å². The van der Waals surface area contributed by atoms with Gasteiger partial charge in [-0.3, -0.25) is 49.9 Å². The van der Waals surface area contributed by atoms with Crippen molar-refractivity contribution < 1.29 is 33.9 Å². The molecule has 0 saturated carbocycles. The van der Waals surface area contributed by atoms with Crippen LogP contribution in [0.5, 0.6) is 34.5 Å². The highest BCUT2D eigenvalue weighted by molar-refractivity contribution is 5.94. The van der Waals surface area contributed by atoms with E-state index in [0.29, 0.717) is 5.75 Å². The molecule has 0 saturated heterocycles. The monoisotopic (exact) mass is 1520 g/mol. The van der Waals surface area contributed by atoms with Crippen molar-refractivity contribution in [3.63, 3.8) is 0 Å². The van der Waals surface area contributed by atoms with Gasteiger partial charge in [0, 0.05) is 124 Å². The lowest BCUT2D eigenvalue weighted by molar-refractivity contribution is 0.387. The number of aliphatic imine (C=N–C) groups is 5. The highest BCUT2D eigenvalue weighted by Crippen LogP contribution is 2.41. The van der Waals surface area contributed by atoms with Gasteiger partial charge in [0.25, 0.3) is 0 Å². The van der Waals surface area contributed by atoms with Gasteiger partial charge in [-0.15, -0.1) is 0 Å². The molecule has 0 atom stereocenters. The number of halogens is 1. The number of rotatable bonds is 13. The van der Waals surface area contributed by atoms with Gasteiger partial charge in [0.1, 0.15) is 28.7 Å². The third-order valence-electron chi connectivity index (χ3n) is 20.6. The summed E-state index contributed by atoms with van der Waals surface area (Å²) in [7, 11) is 4.76. The number of hydrogen-bond donors (Lipinski definition) is 3. The Hall–Kier alpha value is -15.0. The smallest absolute Gasteiger partial charge is 0.165 e. The van der Waals surface area contributed by atoms with E-state index in [-0.39, 0.29) is 23.1 Å². The van der Waals surface area contributed by atoms with Crippen LogP contribution >= 0.6 is 0 Å². The van der Waals surface area contributed by atoms with Crippen molar-refractivity contribution in [2.24, 2.45) is 25.0 Å². The second-order valence-corrected chi connectivity index (χ2v) is 28.0. The van der Waals surface area contributed by atoms with Gasteiger partial charge in [-0.05, 0) is 242 Å². The van der Waals surface area contributed by atoms with Crippen molar-refractivity contribution in [3.8, 4) is 146 Å². The van der Waals surface area contributed by atoms with Crippen LogP contribution in [0.15, 0.2) is 311 Å². The summed E-state index contributed by atoms with van der Waals surface area (Å²) in [5.41, 5.74) is 32.9. The van der Waals surface area contributed by atoms with Gasteiger partial charge >= 0.3 is 0 Å². The molecular weight excluding hydrogens is 1440 g/mol. The number of aromatic hydroxyl groups is 3. The minimum Gasteiger partial charge on any atom is -0.508 e. The summed E-state index contributed by atoms with van der Waals surface area (Å²) < 4.78 is 29.6. The van der Waals surface area contributed by atoms with Gasteiger partial charge < -0.3 is 29.5 Å². The molecule has 16 nitrogen and oxygen atoms in total. The second-order valence-electron chi connectivity index (χ2n) is 28.0. The second kappa shape index (κ2) is 34.3. The first-order valence-electron chi connectivity index (χ1n) is 37.8. The van der Waals surface area contributed by atoms with Crippen molar-refractivity contribution >= 4 is 31.1 Å². The molecule has 116 heavy (non-hydrogen) atoms. The standard InChI is InChI=1S/C21H18N2O2.C20H15FN2O.C20H16N2O.2C19H14N2O/c1-24-18-9-16(10-19(11-18)25-2)21-20(4-3-7-23-21)14-5-6-15-12-22-13-17(15)8-14;1-24-19-10-14(6-7-18(19)21)20-17(3-2-8-23-20)13-4-5-15-11-22-12-16(15)9-13;1-13-9-15(6-7-19(13)23)20-18(3-2-8-22-20)14-4-5-16-11-21-12-17(16)10-14;22-17-4-1-3-14(10-17)19-18(5-2-8-21-19)13-6-7-15-11-20-12-16(15)9-13;22-17-7-5-13(6-8-17)19-18(2-1-9-21-19)14-3-4-15-11-20-12-16(15)10-14/h3-11,13H,12H2,1-2H3;2-10,12H,11H2,1H3;2-10,12,23H,11H2,1H3;2*1-10,12,22H,11H2. The van der Waals surface area contributed by atoms with Crippen LogP contribution in [0, 0.1) is 12.7 Å². The highest BCUT2D eigenvalue weighted by atomic mass is 19.1. The Morgan fingerprint density at radius 2 is 0.603 bits per heavy atom. The molecule has 10 heterocycles. The molecule has 5 aliphatic rings. The van der Waals surface area contributed by atoms with Crippen molar-refractivity contribution in [1.82, 2.24) is 24.9 Å². The van der Waals surface area contributed by atoms with Crippen LogP contribution in [-0.2, 0) is 32.7 Å². The molecule has 0 unspecified atom stereocenters. The first kappa shape index (κ1) is 75.1. The molecule has 0 radical (unpaired) electrons. The Balaban J connectivity index is 0.000000109. The zero-order chi connectivity index (χ0) is 79.4. The lowest BCUT2D eigenvalue weighted by atomic mass is 9.96. The molecule has 0 bridgehead atoms. The average Bonchev–Trinajstić information content (AvgIpc) is 1.70. The van der Waals surface area contributed by atoms with E-state index < -0.39 is 0 Å². The molecule has 3 N–H and O–H groups in total. The molecule has 0 spiro atoms. The summed E-state index contributed by atoms with van der Waals surface area (Å²) in [6.45, 7) is 5.71. The third kappa shape index (κ3) is 16.7. The van der Waals surface area contributed by atoms with Crippen molar-refractivity contribution in [3.05, 3.63) is 353 Å². The topological polar surface area (TPSA) is 215 Å². The largest absolute Gasteiger partial charge is 0.508 e. The Kier molecular flexibility index (Phi) is 22.2. The molecule has 0 amide bonds. The zero-order valence-corrected chi connectivity index (χ0v) is 64.0. The number of phenolic OH excluding ortho intramolecular Hbond substituents is 3. The molecule has 10 aromatic carbocycles. The Morgan fingerprint density at radius 3 is 0.957 bits per heavy atom. The maximum atomic E-state index is 13.7. The van der Waals surface area contributed by atoms with E-state index >= 15 is 0 Å². The molecule has 5 aromatic heterocycles. The lowest BCUT2D eigenvalue weighted by Gasteiger charge is -2.12. The van der Waals surface area contributed by atoms with Crippen LogP contribution in [0.25, 0.3) is 112 Å². The zero-order valence-electron chi connectivity index (χ0n) is 64.0. The lowest BCUT2D eigenvalue weighted by Crippen LogP contribution is -1.93. The molecule has 0 fully saturated rings. The van der Waals surface area contributed by atoms with E-state index in [9.17, 15) is 19.7 Å². The van der Waals surface area contributed by atoms with E-state index in [4.69, 9.17) is 14.2 Å². The molecule has 0 aliphatic carbocycles. The van der Waals surface area contributed by atoms with Gasteiger partial charge in [0.2, 0.25) is 0 Å². The SMILES string of the molecule is COc1cc(-c2ncccc2-c2ccc3c(c2)C=NC3)ccc1F.COc1cc(OC)cc(-c2ncccc2-c2ccc3c(c2)C=NC3)c1.Cc1cc(-c2ncccc2-c2ccc3c(c2)C=NC3)ccc1O.Oc1ccc(-c2ncccc2-c2ccc3c(c2)C=NC3)cc1.Oc1cccc(-c2ncccc2-c2ccc3c(c2)C=NC3)c1. The Labute approximate surface area is 671 Å². The Morgan fingerprint density at radius 1 is 0.276 bits per heavy atom. The number of aryl methyl sites for hydroxylation is 1. The minimum absolute atomic E-state index is 0.213. The molecule has 566 valence electrons. The number of nitrogens with zero attached hydrogens (tertiary/aromatic N) is 10. The number of fused-ring (bicyclic) bond motifs is 5. The number of phenols is 3. The van der Waals surface area contributed by atoms with Gasteiger partial charge in [-0.2, -0.15) is 0 Å². The van der Waals surface area contributed by atoms with Crippen LogP contribution in [0.2, 0.25) is 0 Å². The van der Waals surface area contributed by atoms with Crippen molar-refractivity contribution in [2.45, 2.75) is 39.6 Å². The quantitative estimate of drug-likeness (QED) is 0.0987. The molecular formula is C99H77FN10O6. The van der Waals surface area contributed by atoms with E-state index in [2.05, 4.69) is 165 Å². The van der Waals surface area contributed by atoms with Crippen LogP contribution in [0.3, 0.4) is 0 Å². The summed E-state index contributed by atoms with van der Waals surface area (Å²) >= 11 is 0. The van der Waals surface area contributed by atoms with E-state index in [1.165, 1.54) is 63.2 Å². The van der Waals surface area contributed by atoms with Crippen molar-refractivity contribution in [1.29, 1.82) is 0 Å². The normalized spacial score (nSPS) is 12.3. The maximum absolute atomic E-state index is 13.7. The predicted molar refractivity (Wildman–Crippen MR) is 461 cm³/mol. The van der Waals surface area contributed by atoms with Crippen LogP contribution in [-0.4, -0.2) is 92.6 Å². The predicted octanol–water partition coefficient (Wildman–Crippen LogP) is 21.3. The van der Waals surface area contributed by atoms with Crippen molar-refractivity contribution in [2.75, 3.05) is 21.3 Å². The molecule has 15 aromatic rings. The van der Waals surface area contributed by atoms with Gasteiger partial charge in [-0.1, -0.05) is 103 Å². The highest BCUT2D eigenvalue weighted by Gasteiger charge is 2.21. The van der Waals surface area contributed by atoms with Gasteiger partial charge in [0.05, 0.1) is 82.5 Å². The summed E-state index contributed by atoms with van der Waals surface area (Å²) in [5, 5.41) is 28.9. The summed E-state index contributed by atoms with van der Waals surface area (Å²) in [6.07, 6.45) is 18.5. The fourth-order valence-corrected chi connectivity index (χ4v) is 14.5. The number of aromatic nitrogens is 5. The van der Waals surface area contributed by atoms with Crippen LogP contribution in [0.4, 0.5) is 4.39 Å². The number of benzene rings is 10. The average molecular weight is 1520 g/mol. The summed E-state index contributed by atoms with van der Waals surface area (Å²) in [5.74, 6) is 2.13. The first-order valence-corrected chi connectivity index (χ1v) is 37.8.